The Morgan fingerprint density at radius 1 is 0.806 bits per heavy atom. The van der Waals surface area contributed by atoms with Gasteiger partial charge in [-0.3, -0.25) is 0 Å². The standard InChI is InChI=1S/C23H38O3.C7H6O3/c1-4-7-9-10-11-14-18-25-23(24)21-16-12-13-17-22(21)26-19-20(6-3)15-8-5-2;8-6-4-2-1-3-5(6)7(9)10/h12-13,16-17,20H,4-11,14-15,18-19H2,1-3H3;1-4,8H,(H,9,10). The van der Waals surface area contributed by atoms with Crippen molar-refractivity contribution < 1.29 is 29.3 Å². The zero-order chi connectivity index (χ0) is 26.6. The van der Waals surface area contributed by atoms with Crippen LogP contribution >= 0.6 is 0 Å². The molecule has 0 bridgehead atoms. The van der Waals surface area contributed by atoms with Crippen molar-refractivity contribution in [3.63, 3.8) is 0 Å². The number of ether oxygens (including phenoxy) is 2. The number of benzene rings is 2. The van der Waals surface area contributed by atoms with Gasteiger partial charge in [-0.1, -0.05) is 96.4 Å². The van der Waals surface area contributed by atoms with E-state index in [4.69, 9.17) is 19.7 Å². The molecule has 0 aliphatic rings. The van der Waals surface area contributed by atoms with Crippen LogP contribution in [-0.2, 0) is 4.74 Å². The summed E-state index contributed by atoms with van der Waals surface area (Å²) in [6, 6.07) is 13.3. The maximum atomic E-state index is 12.4. The van der Waals surface area contributed by atoms with Crippen molar-refractivity contribution in [2.45, 2.75) is 85.0 Å². The van der Waals surface area contributed by atoms with Crippen LogP contribution in [0.15, 0.2) is 48.5 Å². The van der Waals surface area contributed by atoms with E-state index in [0.717, 1.165) is 19.3 Å². The Morgan fingerprint density at radius 3 is 2.03 bits per heavy atom. The molecule has 0 aromatic heterocycles. The summed E-state index contributed by atoms with van der Waals surface area (Å²) in [7, 11) is 0. The van der Waals surface area contributed by atoms with Crippen molar-refractivity contribution in [1.29, 1.82) is 0 Å². The van der Waals surface area contributed by atoms with Gasteiger partial charge in [0.15, 0.2) is 0 Å². The molecule has 0 amide bonds. The maximum absolute atomic E-state index is 12.4. The molecule has 200 valence electrons. The first kappa shape index (κ1) is 31.0. The lowest BCUT2D eigenvalue weighted by Gasteiger charge is -2.17. The summed E-state index contributed by atoms with van der Waals surface area (Å²) >= 11 is 0. The average Bonchev–Trinajstić information content (AvgIpc) is 2.89. The van der Waals surface area contributed by atoms with Gasteiger partial charge in [-0.15, -0.1) is 0 Å². The number of phenols is 1. The van der Waals surface area contributed by atoms with Crippen LogP contribution in [0.1, 0.15) is 106 Å². The topological polar surface area (TPSA) is 93.1 Å². The molecule has 36 heavy (non-hydrogen) atoms. The summed E-state index contributed by atoms with van der Waals surface area (Å²) < 4.78 is 11.4. The van der Waals surface area contributed by atoms with E-state index in [1.54, 1.807) is 18.2 Å². The van der Waals surface area contributed by atoms with Crippen LogP contribution in [0.2, 0.25) is 0 Å². The number of carbonyl (C=O) groups is 2. The molecule has 0 saturated heterocycles. The highest BCUT2D eigenvalue weighted by atomic mass is 16.5. The highest BCUT2D eigenvalue weighted by Gasteiger charge is 2.15. The number of hydrogen-bond acceptors (Lipinski definition) is 5. The molecule has 0 spiro atoms. The molecule has 0 saturated carbocycles. The van der Waals surface area contributed by atoms with Crippen molar-refractivity contribution in [2.24, 2.45) is 5.92 Å². The lowest BCUT2D eigenvalue weighted by atomic mass is 10.0. The highest BCUT2D eigenvalue weighted by Crippen LogP contribution is 2.22. The summed E-state index contributed by atoms with van der Waals surface area (Å²) in [6.07, 6.45) is 11.8. The molecule has 0 heterocycles. The van der Waals surface area contributed by atoms with Gasteiger partial charge < -0.3 is 19.7 Å². The fourth-order valence-corrected chi connectivity index (χ4v) is 3.65. The van der Waals surface area contributed by atoms with Crippen LogP contribution < -0.4 is 4.74 Å². The van der Waals surface area contributed by atoms with E-state index < -0.39 is 5.97 Å². The summed E-state index contributed by atoms with van der Waals surface area (Å²) in [5.74, 6) is -0.388. The lowest BCUT2D eigenvalue weighted by molar-refractivity contribution is 0.0491. The molecule has 0 radical (unpaired) electrons. The molecule has 2 aromatic carbocycles. The van der Waals surface area contributed by atoms with Crippen molar-refractivity contribution in [3.8, 4) is 11.5 Å². The van der Waals surface area contributed by atoms with Crippen LogP contribution in [0.4, 0.5) is 0 Å². The maximum Gasteiger partial charge on any atom is 0.341 e. The number of hydrogen-bond donors (Lipinski definition) is 2. The van der Waals surface area contributed by atoms with E-state index in [-0.39, 0.29) is 17.3 Å². The minimum Gasteiger partial charge on any atom is -0.507 e. The van der Waals surface area contributed by atoms with Gasteiger partial charge in [0.2, 0.25) is 0 Å². The third kappa shape index (κ3) is 12.6. The molecule has 0 aliphatic heterocycles. The minimum atomic E-state index is -1.11. The molecule has 0 aliphatic carbocycles. The largest absolute Gasteiger partial charge is 0.507 e. The number of carboxylic acids is 1. The Morgan fingerprint density at radius 2 is 1.42 bits per heavy atom. The predicted octanol–water partition coefficient (Wildman–Crippen LogP) is 7.89. The zero-order valence-corrected chi connectivity index (χ0v) is 22.2. The highest BCUT2D eigenvalue weighted by molar-refractivity contribution is 5.92. The number of aromatic hydroxyl groups is 1. The van der Waals surface area contributed by atoms with E-state index in [0.29, 0.717) is 30.4 Å². The summed E-state index contributed by atoms with van der Waals surface area (Å²) in [5, 5.41) is 17.3. The third-order valence-corrected chi connectivity index (χ3v) is 5.99. The van der Waals surface area contributed by atoms with Gasteiger partial charge >= 0.3 is 11.9 Å². The van der Waals surface area contributed by atoms with E-state index in [2.05, 4.69) is 20.8 Å². The second-order valence-corrected chi connectivity index (χ2v) is 8.95. The first-order valence-corrected chi connectivity index (χ1v) is 13.3. The molecule has 1 atom stereocenters. The Kier molecular flexibility index (Phi) is 16.5. The minimum absolute atomic E-state index is 0.0671. The van der Waals surface area contributed by atoms with Crippen molar-refractivity contribution in [2.75, 3.05) is 13.2 Å². The first-order valence-electron chi connectivity index (χ1n) is 13.3. The molecule has 2 aromatic rings. The molecule has 0 fully saturated rings. The fourth-order valence-electron chi connectivity index (χ4n) is 3.65. The van der Waals surface area contributed by atoms with Gasteiger partial charge in [-0.05, 0) is 43.0 Å². The lowest BCUT2D eigenvalue weighted by Crippen LogP contribution is -2.14. The summed E-state index contributed by atoms with van der Waals surface area (Å²) in [4.78, 5) is 22.6. The predicted molar refractivity (Wildman–Crippen MR) is 144 cm³/mol. The second kappa shape index (κ2) is 19.2. The Labute approximate surface area is 216 Å². The van der Waals surface area contributed by atoms with E-state index in [1.165, 1.54) is 57.1 Å². The van der Waals surface area contributed by atoms with Gasteiger partial charge in [0.25, 0.3) is 0 Å². The van der Waals surface area contributed by atoms with E-state index >= 15 is 0 Å². The van der Waals surface area contributed by atoms with Crippen LogP contribution in [0, 0.1) is 5.92 Å². The number of carbonyl (C=O) groups excluding carboxylic acids is 1. The van der Waals surface area contributed by atoms with Crippen molar-refractivity contribution in [1.82, 2.24) is 0 Å². The van der Waals surface area contributed by atoms with Gasteiger partial charge in [0, 0.05) is 0 Å². The van der Waals surface area contributed by atoms with Crippen molar-refractivity contribution >= 4 is 11.9 Å². The number of aromatic carboxylic acids is 1. The van der Waals surface area contributed by atoms with E-state index in [1.807, 2.05) is 18.2 Å². The number of carboxylic acid groups (broad SMARTS) is 1. The van der Waals surface area contributed by atoms with Crippen molar-refractivity contribution in [3.05, 3.63) is 59.7 Å². The number of rotatable bonds is 16. The van der Waals surface area contributed by atoms with Gasteiger partial charge in [0.1, 0.15) is 22.6 Å². The fraction of sp³-hybridized carbons (Fsp3) is 0.533. The van der Waals surface area contributed by atoms with Crippen LogP contribution in [0.5, 0.6) is 11.5 Å². The summed E-state index contributed by atoms with van der Waals surface area (Å²) in [6.45, 7) is 7.78. The van der Waals surface area contributed by atoms with Crippen LogP contribution in [0.3, 0.4) is 0 Å². The Balaban J connectivity index is 0.000000537. The monoisotopic (exact) mass is 500 g/mol. The number of unbranched alkanes of at least 4 members (excludes halogenated alkanes) is 6. The van der Waals surface area contributed by atoms with E-state index in [9.17, 15) is 9.59 Å². The van der Waals surface area contributed by atoms with Crippen LogP contribution in [0.25, 0.3) is 0 Å². The average molecular weight is 501 g/mol. The normalized spacial score (nSPS) is 11.2. The molecular formula is C30H44O6. The third-order valence-electron chi connectivity index (χ3n) is 5.99. The number of esters is 1. The SMILES string of the molecule is CCCCCCCCOC(=O)c1ccccc1OCC(CC)CCCC.O=C(O)c1ccccc1O. The molecule has 2 rings (SSSR count). The van der Waals surface area contributed by atoms with Gasteiger partial charge in [0.05, 0.1) is 13.2 Å². The Hall–Kier alpha value is -3.02. The summed E-state index contributed by atoms with van der Waals surface area (Å²) in [5.41, 5.74) is 0.478. The molecule has 2 N–H and O–H groups in total. The van der Waals surface area contributed by atoms with Crippen LogP contribution in [-0.4, -0.2) is 35.4 Å². The zero-order valence-electron chi connectivity index (χ0n) is 22.2. The molecule has 6 nitrogen and oxygen atoms in total. The smallest absolute Gasteiger partial charge is 0.341 e. The second-order valence-electron chi connectivity index (χ2n) is 8.95. The van der Waals surface area contributed by atoms with Gasteiger partial charge in [-0.2, -0.15) is 0 Å². The Bertz CT molecular complexity index is 879. The quantitative estimate of drug-likeness (QED) is 0.180. The van der Waals surface area contributed by atoms with Gasteiger partial charge in [-0.25, -0.2) is 9.59 Å². The number of para-hydroxylation sites is 2. The molecule has 6 heteroatoms. The first-order chi connectivity index (χ1) is 17.4. The molecule has 1 unspecified atom stereocenters. The molecular weight excluding hydrogens is 456 g/mol.